The van der Waals surface area contributed by atoms with Crippen molar-refractivity contribution in [1.82, 2.24) is 0 Å². The molecule has 0 amide bonds. The molecule has 0 spiro atoms. The maximum Gasteiger partial charge on any atom is 0.416 e. The second-order valence-corrected chi connectivity index (χ2v) is 4.03. The number of hydrogen-bond donors (Lipinski definition) is 1. The van der Waals surface area contributed by atoms with Crippen molar-refractivity contribution in [3.63, 3.8) is 0 Å². The van der Waals surface area contributed by atoms with Crippen LogP contribution in [0.25, 0.3) is 11.1 Å². The molecule has 0 aliphatic carbocycles. The third kappa shape index (κ3) is 2.32. The maximum absolute atomic E-state index is 12.6. The van der Waals surface area contributed by atoms with Crippen LogP contribution < -0.4 is 0 Å². The first-order valence-corrected chi connectivity index (χ1v) is 5.36. The molecule has 4 heteroatoms. The molecule has 1 nitrogen and oxygen atoms in total. The average molecular weight is 252 g/mol. The number of phenols is 1. The van der Waals surface area contributed by atoms with Crippen molar-refractivity contribution in [2.45, 2.75) is 13.1 Å². The molecular formula is C14H11F3O. The summed E-state index contributed by atoms with van der Waals surface area (Å²) in [5.41, 5.74) is 0.916. The van der Waals surface area contributed by atoms with Gasteiger partial charge in [0, 0.05) is 0 Å². The molecule has 0 aromatic heterocycles. The van der Waals surface area contributed by atoms with E-state index in [0.717, 1.165) is 12.1 Å². The van der Waals surface area contributed by atoms with Gasteiger partial charge in [0.25, 0.3) is 0 Å². The standard InChI is InChI=1S/C14H11F3O/c1-9-12(6-3-7-13(9)18)10-4-2-5-11(8-10)14(15,16)17/h2-8,18H,1H3. The summed E-state index contributed by atoms with van der Waals surface area (Å²) >= 11 is 0. The minimum absolute atomic E-state index is 0.0740. The van der Waals surface area contributed by atoms with Crippen molar-refractivity contribution in [1.29, 1.82) is 0 Å². The van der Waals surface area contributed by atoms with Crippen LogP contribution in [0.3, 0.4) is 0 Å². The molecule has 0 heterocycles. The first-order chi connectivity index (χ1) is 8.39. The minimum atomic E-state index is -4.36. The normalized spacial score (nSPS) is 11.6. The van der Waals surface area contributed by atoms with Crippen molar-refractivity contribution in [3.05, 3.63) is 53.6 Å². The third-order valence-electron chi connectivity index (χ3n) is 2.81. The smallest absolute Gasteiger partial charge is 0.416 e. The SMILES string of the molecule is Cc1c(O)cccc1-c1cccc(C(F)(F)F)c1. The second-order valence-electron chi connectivity index (χ2n) is 4.03. The fourth-order valence-corrected chi connectivity index (χ4v) is 1.80. The Morgan fingerprint density at radius 2 is 1.67 bits per heavy atom. The van der Waals surface area contributed by atoms with Gasteiger partial charge in [-0.3, -0.25) is 0 Å². The third-order valence-corrected chi connectivity index (χ3v) is 2.81. The summed E-state index contributed by atoms with van der Waals surface area (Å²) in [6.07, 6.45) is -4.36. The Kier molecular flexibility index (Phi) is 3.03. The van der Waals surface area contributed by atoms with Gasteiger partial charge in [-0.05, 0) is 41.8 Å². The summed E-state index contributed by atoms with van der Waals surface area (Å²) in [4.78, 5) is 0. The quantitative estimate of drug-likeness (QED) is 0.798. The zero-order valence-corrected chi connectivity index (χ0v) is 9.62. The second kappa shape index (κ2) is 4.37. The molecule has 0 saturated carbocycles. The Bertz CT molecular complexity index is 573. The largest absolute Gasteiger partial charge is 0.508 e. The number of rotatable bonds is 1. The summed E-state index contributed by atoms with van der Waals surface area (Å²) in [7, 11) is 0. The maximum atomic E-state index is 12.6. The van der Waals surface area contributed by atoms with Crippen molar-refractivity contribution in [2.24, 2.45) is 0 Å². The van der Waals surface area contributed by atoms with E-state index in [2.05, 4.69) is 0 Å². The number of phenolic OH excluding ortho intramolecular Hbond substituents is 1. The lowest BCUT2D eigenvalue weighted by atomic mass is 9.98. The summed E-state index contributed by atoms with van der Waals surface area (Å²) in [5.74, 6) is 0.0740. The first-order valence-electron chi connectivity index (χ1n) is 5.36. The topological polar surface area (TPSA) is 20.2 Å². The molecule has 2 aromatic rings. The Balaban J connectivity index is 2.55. The molecule has 0 saturated heterocycles. The molecule has 18 heavy (non-hydrogen) atoms. The van der Waals surface area contributed by atoms with E-state index in [1.165, 1.54) is 12.1 Å². The molecular weight excluding hydrogens is 241 g/mol. The van der Waals surface area contributed by atoms with Gasteiger partial charge in [0.15, 0.2) is 0 Å². The van der Waals surface area contributed by atoms with Crippen LogP contribution in [0.1, 0.15) is 11.1 Å². The summed E-state index contributed by atoms with van der Waals surface area (Å²) in [6, 6.07) is 9.87. The summed E-state index contributed by atoms with van der Waals surface area (Å²) < 4.78 is 37.8. The molecule has 0 aliphatic heterocycles. The number of benzene rings is 2. The lowest BCUT2D eigenvalue weighted by Crippen LogP contribution is -2.04. The van der Waals surface area contributed by atoms with Crippen molar-refractivity contribution in [3.8, 4) is 16.9 Å². The van der Waals surface area contributed by atoms with E-state index in [9.17, 15) is 18.3 Å². The van der Waals surface area contributed by atoms with E-state index in [-0.39, 0.29) is 5.75 Å². The molecule has 0 unspecified atom stereocenters. The highest BCUT2D eigenvalue weighted by Gasteiger charge is 2.30. The Hall–Kier alpha value is -1.97. The minimum Gasteiger partial charge on any atom is -0.508 e. The highest BCUT2D eigenvalue weighted by atomic mass is 19.4. The van der Waals surface area contributed by atoms with E-state index in [4.69, 9.17) is 0 Å². The highest BCUT2D eigenvalue weighted by molar-refractivity contribution is 5.70. The van der Waals surface area contributed by atoms with Gasteiger partial charge >= 0.3 is 6.18 Å². The molecule has 0 bridgehead atoms. The molecule has 0 fully saturated rings. The van der Waals surface area contributed by atoms with Crippen LogP contribution in [0, 0.1) is 6.92 Å². The van der Waals surface area contributed by atoms with Crippen LogP contribution in [-0.2, 0) is 6.18 Å². The molecule has 2 rings (SSSR count). The summed E-state index contributed by atoms with van der Waals surface area (Å²) in [6.45, 7) is 1.67. The van der Waals surface area contributed by atoms with E-state index >= 15 is 0 Å². The fourth-order valence-electron chi connectivity index (χ4n) is 1.80. The molecule has 0 atom stereocenters. The first kappa shape index (κ1) is 12.5. The predicted molar refractivity (Wildman–Crippen MR) is 63.3 cm³/mol. The van der Waals surface area contributed by atoms with Gasteiger partial charge in [-0.25, -0.2) is 0 Å². The van der Waals surface area contributed by atoms with Crippen LogP contribution in [0.15, 0.2) is 42.5 Å². The Labute approximate surface area is 103 Å². The van der Waals surface area contributed by atoms with Crippen LogP contribution in [0.5, 0.6) is 5.75 Å². The van der Waals surface area contributed by atoms with Crippen LogP contribution in [-0.4, -0.2) is 5.11 Å². The molecule has 0 aliphatic rings. The number of hydrogen-bond acceptors (Lipinski definition) is 1. The van der Waals surface area contributed by atoms with Crippen LogP contribution >= 0.6 is 0 Å². The van der Waals surface area contributed by atoms with Gasteiger partial charge < -0.3 is 5.11 Å². The average Bonchev–Trinajstić information content (AvgIpc) is 2.32. The van der Waals surface area contributed by atoms with Gasteiger partial charge in [-0.15, -0.1) is 0 Å². The van der Waals surface area contributed by atoms with Gasteiger partial charge in [0.2, 0.25) is 0 Å². The zero-order valence-electron chi connectivity index (χ0n) is 9.62. The molecule has 94 valence electrons. The molecule has 1 N–H and O–H groups in total. The lowest BCUT2D eigenvalue weighted by molar-refractivity contribution is -0.137. The van der Waals surface area contributed by atoms with E-state index in [1.54, 1.807) is 25.1 Å². The zero-order chi connectivity index (χ0) is 13.3. The number of halogens is 3. The molecule has 0 radical (unpaired) electrons. The van der Waals surface area contributed by atoms with E-state index in [1.807, 2.05) is 0 Å². The van der Waals surface area contributed by atoms with Crippen LogP contribution in [0.4, 0.5) is 13.2 Å². The summed E-state index contributed by atoms with van der Waals surface area (Å²) in [5, 5.41) is 9.57. The van der Waals surface area contributed by atoms with E-state index < -0.39 is 11.7 Å². The van der Waals surface area contributed by atoms with Gasteiger partial charge in [0.05, 0.1) is 5.56 Å². The van der Waals surface area contributed by atoms with Crippen molar-refractivity contribution >= 4 is 0 Å². The van der Waals surface area contributed by atoms with Crippen LogP contribution in [0.2, 0.25) is 0 Å². The van der Waals surface area contributed by atoms with E-state index in [0.29, 0.717) is 16.7 Å². The molecule has 2 aromatic carbocycles. The highest BCUT2D eigenvalue weighted by Crippen LogP contribution is 2.34. The number of aromatic hydroxyl groups is 1. The Morgan fingerprint density at radius 1 is 1.00 bits per heavy atom. The van der Waals surface area contributed by atoms with Gasteiger partial charge in [0.1, 0.15) is 5.75 Å². The lowest BCUT2D eigenvalue weighted by Gasteiger charge is -2.11. The van der Waals surface area contributed by atoms with Crippen molar-refractivity contribution < 1.29 is 18.3 Å². The Morgan fingerprint density at radius 3 is 2.33 bits per heavy atom. The van der Waals surface area contributed by atoms with Gasteiger partial charge in [-0.1, -0.05) is 24.3 Å². The fraction of sp³-hybridized carbons (Fsp3) is 0.143. The predicted octanol–water partition coefficient (Wildman–Crippen LogP) is 4.39. The van der Waals surface area contributed by atoms with Gasteiger partial charge in [-0.2, -0.15) is 13.2 Å². The van der Waals surface area contributed by atoms with Crippen molar-refractivity contribution in [2.75, 3.05) is 0 Å². The monoisotopic (exact) mass is 252 g/mol. The number of alkyl halides is 3.